The van der Waals surface area contributed by atoms with Gasteiger partial charge in [-0.2, -0.15) is 5.10 Å². The molecule has 0 spiro atoms. The highest BCUT2D eigenvalue weighted by Gasteiger charge is 2.09. The number of aromatic nitrogens is 8. The van der Waals surface area contributed by atoms with Crippen molar-refractivity contribution >= 4 is 11.8 Å². The third-order valence-corrected chi connectivity index (χ3v) is 4.16. The number of thioether (sulfide) groups is 1. The van der Waals surface area contributed by atoms with Crippen molar-refractivity contribution in [3.63, 3.8) is 0 Å². The van der Waals surface area contributed by atoms with Gasteiger partial charge in [-0.3, -0.25) is 0 Å². The van der Waals surface area contributed by atoms with E-state index in [0.717, 1.165) is 41.0 Å². The fourth-order valence-electron chi connectivity index (χ4n) is 2.21. The zero-order valence-corrected chi connectivity index (χ0v) is 14.2. The molecule has 3 aromatic rings. The van der Waals surface area contributed by atoms with Crippen LogP contribution < -0.4 is 0 Å². The molecule has 0 unspecified atom stereocenters. The van der Waals surface area contributed by atoms with Gasteiger partial charge in [-0.15, -0.1) is 15.3 Å². The van der Waals surface area contributed by atoms with Crippen LogP contribution in [-0.2, 0) is 12.3 Å². The summed E-state index contributed by atoms with van der Waals surface area (Å²) in [5.74, 6) is 2.23. The van der Waals surface area contributed by atoms with Crippen LogP contribution in [-0.4, -0.2) is 40.2 Å². The van der Waals surface area contributed by atoms with Gasteiger partial charge < -0.3 is 0 Å². The Morgan fingerprint density at radius 2 is 2.00 bits per heavy atom. The summed E-state index contributed by atoms with van der Waals surface area (Å²) in [6.45, 7) is 6.88. The van der Waals surface area contributed by atoms with Gasteiger partial charge >= 0.3 is 0 Å². The SMILES string of the molecule is CCCn1nnnc1CSc1ccc(-n2nc(C)cc2C)nn1. The Balaban J connectivity index is 1.68. The molecule has 0 amide bonds. The van der Waals surface area contributed by atoms with E-state index in [-0.39, 0.29) is 0 Å². The zero-order valence-electron chi connectivity index (χ0n) is 13.3. The molecule has 0 N–H and O–H groups in total. The summed E-state index contributed by atoms with van der Waals surface area (Å²) in [5.41, 5.74) is 2.00. The minimum absolute atomic E-state index is 0.668. The largest absolute Gasteiger partial charge is 0.229 e. The smallest absolute Gasteiger partial charge is 0.175 e. The summed E-state index contributed by atoms with van der Waals surface area (Å²) in [5, 5.41) is 25.5. The Labute approximate surface area is 138 Å². The van der Waals surface area contributed by atoms with Crippen LogP contribution in [0.25, 0.3) is 5.82 Å². The van der Waals surface area contributed by atoms with Gasteiger partial charge in [0.15, 0.2) is 11.6 Å². The molecule has 0 atom stereocenters. The summed E-state index contributed by atoms with van der Waals surface area (Å²) in [6.07, 6.45) is 1.000. The standard InChI is InChI=1S/C14H18N8S/c1-4-7-21-13(16-19-20-21)9-23-14-6-5-12(15-17-14)22-11(3)8-10(2)18-22/h5-6,8H,4,7,9H2,1-3H3. The van der Waals surface area contributed by atoms with E-state index in [2.05, 4.69) is 37.7 Å². The first-order valence-corrected chi connectivity index (χ1v) is 8.41. The van der Waals surface area contributed by atoms with E-state index in [9.17, 15) is 0 Å². The maximum atomic E-state index is 4.41. The van der Waals surface area contributed by atoms with Crippen LogP contribution >= 0.6 is 11.8 Å². The average molecular weight is 330 g/mol. The van der Waals surface area contributed by atoms with E-state index >= 15 is 0 Å². The minimum Gasteiger partial charge on any atom is -0.229 e. The molecule has 8 nitrogen and oxygen atoms in total. The Morgan fingerprint density at radius 1 is 1.13 bits per heavy atom. The van der Waals surface area contributed by atoms with E-state index in [1.165, 1.54) is 0 Å². The third-order valence-electron chi connectivity index (χ3n) is 3.24. The quantitative estimate of drug-likeness (QED) is 0.638. The second kappa shape index (κ2) is 6.86. The lowest BCUT2D eigenvalue weighted by Gasteiger charge is -2.04. The molecular weight excluding hydrogens is 312 g/mol. The summed E-state index contributed by atoms with van der Waals surface area (Å²) >= 11 is 1.56. The maximum Gasteiger partial charge on any atom is 0.175 e. The fraction of sp³-hybridized carbons (Fsp3) is 0.429. The van der Waals surface area contributed by atoms with Crippen molar-refractivity contribution < 1.29 is 0 Å². The fourth-order valence-corrected chi connectivity index (χ4v) is 2.96. The number of tetrazole rings is 1. The minimum atomic E-state index is 0.668. The molecule has 0 fully saturated rings. The average Bonchev–Trinajstić information content (AvgIpc) is 3.12. The van der Waals surface area contributed by atoms with E-state index in [1.807, 2.05) is 36.7 Å². The van der Waals surface area contributed by atoms with Crippen LogP contribution in [0.1, 0.15) is 30.6 Å². The van der Waals surface area contributed by atoms with Crippen molar-refractivity contribution in [2.45, 2.75) is 44.5 Å². The molecule has 0 aliphatic heterocycles. The molecule has 0 aliphatic rings. The third kappa shape index (κ3) is 3.55. The normalized spacial score (nSPS) is 11.1. The molecule has 0 saturated heterocycles. The van der Waals surface area contributed by atoms with Crippen molar-refractivity contribution in [3.05, 3.63) is 35.4 Å². The Morgan fingerprint density at radius 3 is 2.65 bits per heavy atom. The predicted octanol–water partition coefficient (Wildman–Crippen LogP) is 1.97. The van der Waals surface area contributed by atoms with Crippen molar-refractivity contribution in [1.29, 1.82) is 0 Å². The van der Waals surface area contributed by atoms with Crippen LogP contribution in [0.3, 0.4) is 0 Å². The van der Waals surface area contributed by atoms with E-state index < -0.39 is 0 Å². The van der Waals surface area contributed by atoms with Gasteiger partial charge in [0.1, 0.15) is 5.03 Å². The highest BCUT2D eigenvalue weighted by molar-refractivity contribution is 7.98. The van der Waals surface area contributed by atoms with E-state index in [0.29, 0.717) is 5.75 Å². The molecule has 0 radical (unpaired) electrons. The van der Waals surface area contributed by atoms with Crippen molar-refractivity contribution in [1.82, 2.24) is 40.2 Å². The van der Waals surface area contributed by atoms with Crippen LogP contribution in [0.2, 0.25) is 0 Å². The van der Waals surface area contributed by atoms with Crippen molar-refractivity contribution in [2.24, 2.45) is 0 Å². The first-order chi connectivity index (χ1) is 11.2. The van der Waals surface area contributed by atoms with E-state index in [4.69, 9.17) is 0 Å². The number of rotatable bonds is 6. The molecule has 3 heterocycles. The van der Waals surface area contributed by atoms with Gasteiger partial charge in [0, 0.05) is 12.2 Å². The molecular formula is C14H18N8S. The van der Waals surface area contributed by atoms with Crippen LogP contribution in [0.4, 0.5) is 0 Å². The molecule has 3 aromatic heterocycles. The highest BCUT2D eigenvalue weighted by atomic mass is 32.2. The maximum absolute atomic E-state index is 4.41. The van der Waals surface area contributed by atoms with Crippen LogP contribution in [0, 0.1) is 13.8 Å². The second-order valence-corrected chi connectivity index (χ2v) is 6.17. The summed E-state index contributed by atoms with van der Waals surface area (Å²) in [4.78, 5) is 0. The van der Waals surface area contributed by atoms with Gasteiger partial charge in [-0.05, 0) is 48.9 Å². The van der Waals surface area contributed by atoms with Gasteiger partial charge in [0.05, 0.1) is 11.4 Å². The zero-order chi connectivity index (χ0) is 16.2. The molecule has 9 heteroatoms. The van der Waals surface area contributed by atoms with Gasteiger partial charge in [0.25, 0.3) is 0 Å². The number of aryl methyl sites for hydroxylation is 3. The van der Waals surface area contributed by atoms with Crippen LogP contribution in [0.5, 0.6) is 0 Å². The molecule has 23 heavy (non-hydrogen) atoms. The second-order valence-electron chi connectivity index (χ2n) is 5.18. The number of nitrogens with zero attached hydrogens (tertiary/aromatic N) is 8. The molecule has 0 saturated carbocycles. The molecule has 120 valence electrons. The lowest BCUT2D eigenvalue weighted by atomic mass is 10.4. The summed E-state index contributed by atoms with van der Waals surface area (Å²) < 4.78 is 3.61. The Hall–Kier alpha value is -2.29. The molecule has 0 bridgehead atoms. The van der Waals surface area contributed by atoms with Crippen LogP contribution in [0.15, 0.2) is 23.2 Å². The first-order valence-electron chi connectivity index (χ1n) is 7.42. The summed E-state index contributed by atoms with van der Waals surface area (Å²) in [6, 6.07) is 5.87. The topological polar surface area (TPSA) is 87.2 Å². The molecule has 0 aliphatic carbocycles. The Kier molecular flexibility index (Phi) is 4.65. The lowest BCUT2D eigenvalue weighted by molar-refractivity contribution is 0.564. The monoisotopic (exact) mass is 330 g/mol. The van der Waals surface area contributed by atoms with Crippen molar-refractivity contribution in [2.75, 3.05) is 0 Å². The summed E-state index contributed by atoms with van der Waals surface area (Å²) in [7, 11) is 0. The number of hydrogen-bond donors (Lipinski definition) is 0. The Bertz CT molecular complexity index is 776. The number of hydrogen-bond acceptors (Lipinski definition) is 7. The van der Waals surface area contributed by atoms with E-state index in [1.54, 1.807) is 16.4 Å². The van der Waals surface area contributed by atoms with Gasteiger partial charge in [-0.25, -0.2) is 9.36 Å². The van der Waals surface area contributed by atoms with Gasteiger partial charge in [-0.1, -0.05) is 18.7 Å². The van der Waals surface area contributed by atoms with Crippen molar-refractivity contribution in [3.8, 4) is 5.82 Å². The predicted molar refractivity (Wildman–Crippen MR) is 86.3 cm³/mol. The molecule has 0 aromatic carbocycles. The lowest BCUT2D eigenvalue weighted by Crippen LogP contribution is -2.05. The molecule has 3 rings (SSSR count). The van der Waals surface area contributed by atoms with Gasteiger partial charge in [0.2, 0.25) is 0 Å². The highest BCUT2D eigenvalue weighted by Crippen LogP contribution is 2.19. The first kappa shape index (κ1) is 15.6.